The number of carbonyl (C=O) groups excluding carboxylic acids is 1. The predicted octanol–water partition coefficient (Wildman–Crippen LogP) is 2.25. The summed E-state index contributed by atoms with van der Waals surface area (Å²) in [6.07, 6.45) is 0. The minimum atomic E-state index is 0.105. The highest BCUT2D eigenvalue weighted by atomic mass is 16.1. The third kappa shape index (κ3) is 3.66. The van der Waals surface area contributed by atoms with Crippen molar-refractivity contribution >= 4 is 11.5 Å². The van der Waals surface area contributed by atoms with Gasteiger partial charge >= 0.3 is 0 Å². The number of nitrogens with one attached hydrogen (secondary N) is 1. The molecule has 3 heteroatoms. The standard InChI is InChI=1S/C13H20N2O/c1-10(15(3)4)9-14-13-7-5-12(6-8-13)11(2)16/h5-8,10,14H,9H2,1-4H3. The molecule has 1 unspecified atom stereocenters. The van der Waals surface area contributed by atoms with Crippen molar-refractivity contribution in [2.45, 2.75) is 19.9 Å². The van der Waals surface area contributed by atoms with Gasteiger partial charge in [0.15, 0.2) is 5.78 Å². The maximum atomic E-state index is 11.1. The molecule has 1 rings (SSSR count). The Morgan fingerprint density at radius 2 is 1.88 bits per heavy atom. The average molecular weight is 220 g/mol. The number of hydrogen-bond acceptors (Lipinski definition) is 3. The van der Waals surface area contributed by atoms with E-state index < -0.39 is 0 Å². The van der Waals surface area contributed by atoms with Crippen molar-refractivity contribution in [1.29, 1.82) is 0 Å². The lowest BCUT2D eigenvalue weighted by Crippen LogP contribution is -2.31. The molecule has 0 amide bonds. The molecular formula is C13H20N2O. The highest BCUT2D eigenvalue weighted by Gasteiger charge is 2.04. The van der Waals surface area contributed by atoms with E-state index in [1.807, 2.05) is 24.3 Å². The van der Waals surface area contributed by atoms with Crippen LogP contribution in [0, 0.1) is 0 Å². The Labute approximate surface area is 97.5 Å². The maximum absolute atomic E-state index is 11.1. The summed E-state index contributed by atoms with van der Waals surface area (Å²) in [5.41, 5.74) is 1.81. The molecule has 1 aromatic rings. The number of carbonyl (C=O) groups is 1. The molecule has 0 saturated carbocycles. The highest BCUT2D eigenvalue weighted by Crippen LogP contribution is 2.10. The van der Waals surface area contributed by atoms with Gasteiger partial charge in [-0.3, -0.25) is 4.79 Å². The van der Waals surface area contributed by atoms with Gasteiger partial charge in [0.1, 0.15) is 0 Å². The normalized spacial score (nSPS) is 12.6. The van der Waals surface area contributed by atoms with Crippen LogP contribution in [0.2, 0.25) is 0 Å². The van der Waals surface area contributed by atoms with E-state index >= 15 is 0 Å². The van der Waals surface area contributed by atoms with Crippen LogP contribution in [0.4, 0.5) is 5.69 Å². The van der Waals surface area contributed by atoms with Gasteiger partial charge in [-0.1, -0.05) is 0 Å². The Hall–Kier alpha value is -1.35. The van der Waals surface area contributed by atoms with Crippen LogP contribution in [-0.4, -0.2) is 37.4 Å². The van der Waals surface area contributed by atoms with Gasteiger partial charge < -0.3 is 10.2 Å². The van der Waals surface area contributed by atoms with Crippen LogP contribution in [0.5, 0.6) is 0 Å². The van der Waals surface area contributed by atoms with E-state index in [0.29, 0.717) is 6.04 Å². The van der Waals surface area contributed by atoms with Crippen LogP contribution in [0.25, 0.3) is 0 Å². The molecule has 0 aromatic heterocycles. The molecule has 0 aliphatic rings. The molecule has 1 N–H and O–H groups in total. The summed E-state index contributed by atoms with van der Waals surface area (Å²) in [7, 11) is 4.12. The summed E-state index contributed by atoms with van der Waals surface area (Å²) in [4.78, 5) is 13.2. The molecule has 0 radical (unpaired) electrons. The van der Waals surface area contributed by atoms with E-state index in [9.17, 15) is 4.79 Å². The molecule has 0 spiro atoms. The van der Waals surface area contributed by atoms with Gasteiger partial charge in [0.25, 0.3) is 0 Å². The Kier molecular flexibility index (Phi) is 4.50. The lowest BCUT2D eigenvalue weighted by Gasteiger charge is -2.20. The zero-order valence-electron chi connectivity index (χ0n) is 10.4. The molecule has 88 valence electrons. The predicted molar refractivity (Wildman–Crippen MR) is 68.1 cm³/mol. The summed E-state index contributed by atoms with van der Waals surface area (Å²) >= 11 is 0. The van der Waals surface area contributed by atoms with Crippen LogP contribution in [-0.2, 0) is 0 Å². The summed E-state index contributed by atoms with van der Waals surface area (Å²) in [6.45, 7) is 4.64. The topological polar surface area (TPSA) is 32.3 Å². The van der Waals surface area contributed by atoms with Gasteiger partial charge in [0.2, 0.25) is 0 Å². The Balaban J connectivity index is 2.53. The second kappa shape index (κ2) is 5.66. The first-order valence-corrected chi connectivity index (χ1v) is 5.52. The van der Waals surface area contributed by atoms with Crippen LogP contribution < -0.4 is 5.32 Å². The Morgan fingerprint density at radius 3 is 2.31 bits per heavy atom. The third-order valence-corrected chi connectivity index (χ3v) is 2.77. The third-order valence-electron chi connectivity index (χ3n) is 2.77. The molecule has 1 aromatic carbocycles. The second-order valence-electron chi connectivity index (χ2n) is 4.33. The zero-order chi connectivity index (χ0) is 12.1. The molecule has 0 fully saturated rings. The number of likely N-dealkylation sites (N-methyl/N-ethyl adjacent to an activating group) is 1. The molecule has 1 atom stereocenters. The number of hydrogen-bond donors (Lipinski definition) is 1. The first kappa shape index (κ1) is 12.7. The van der Waals surface area contributed by atoms with Gasteiger partial charge in [0, 0.05) is 23.8 Å². The van der Waals surface area contributed by atoms with Crippen molar-refractivity contribution in [3.8, 4) is 0 Å². The minimum absolute atomic E-state index is 0.105. The van der Waals surface area contributed by atoms with Crippen LogP contribution >= 0.6 is 0 Å². The molecule has 0 aliphatic heterocycles. The van der Waals surface area contributed by atoms with Crippen molar-refractivity contribution in [3.63, 3.8) is 0 Å². The summed E-state index contributed by atoms with van der Waals surface area (Å²) in [5.74, 6) is 0.105. The molecule has 0 heterocycles. The number of nitrogens with zero attached hydrogens (tertiary/aromatic N) is 1. The lowest BCUT2D eigenvalue weighted by atomic mass is 10.1. The zero-order valence-corrected chi connectivity index (χ0v) is 10.4. The largest absolute Gasteiger partial charge is 0.383 e. The fourth-order valence-electron chi connectivity index (χ4n) is 1.27. The van der Waals surface area contributed by atoms with Gasteiger partial charge in [-0.25, -0.2) is 0 Å². The van der Waals surface area contributed by atoms with Crippen LogP contribution in [0.1, 0.15) is 24.2 Å². The SMILES string of the molecule is CC(=O)c1ccc(NCC(C)N(C)C)cc1. The summed E-state index contributed by atoms with van der Waals surface area (Å²) in [5, 5.41) is 3.34. The van der Waals surface area contributed by atoms with Crippen molar-refractivity contribution in [2.75, 3.05) is 26.0 Å². The highest BCUT2D eigenvalue weighted by molar-refractivity contribution is 5.94. The smallest absolute Gasteiger partial charge is 0.159 e. The monoisotopic (exact) mass is 220 g/mol. The van der Waals surface area contributed by atoms with E-state index in [1.165, 1.54) is 0 Å². The van der Waals surface area contributed by atoms with Crippen molar-refractivity contribution in [1.82, 2.24) is 4.90 Å². The second-order valence-corrected chi connectivity index (χ2v) is 4.33. The molecule has 0 saturated heterocycles. The first-order chi connectivity index (χ1) is 7.50. The number of ketones is 1. The lowest BCUT2D eigenvalue weighted by molar-refractivity contribution is 0.101. The maximum Gasteiger partial charge on any atom is 0.159 e. The average Bonchev–Trinajstić information content (AvgIpc) is 2.26. The van der Waals surface area contributed by atoms with Crippen LogP contribution in [0.3, 0.4) is 0 Å². The number of anilines is 1. The molecule has 0 aliphatic carbocycles. The number of rotatable bonds is 5. The van der Waals surface area contributed by atoms with Gasteiger partial charge in [-0.05, 0) is 52.2 Å². The van der Waals surface area contributed by atoms with Crippen molar-refractivity contribution < 1.29 is 4.79 Å². The quantitative estimate of drug-likeness (QED) is 0.772. The molecule has 3 nitrogen and oxygen atoms in total. The number of Topliss-reactive ketones (excluding diaryl/α,β-unsaturated/α-hetero) is 1. The molecular weight excluding hydrogens is 200 g/mol. The van der Waals surface area contributed by atoms with Gasteiger partial charge in [-0.15, -0.1) is 0 Å². The van der Waals surface area contributed by atoms with Gasteiger partial charge in [0.05, 0.1) is 0 Å². The Morgan fingerprint density at radius 1 is 1.31 bits per heavy atom. The minimum Gasteiger partial charge on any atom is -0.383 e. The fourth-order valence-corrected chi connectivity index (χ4v) is 1.27. The van der Waals surface area contributed by atoms with E-state index in [-0.39, 0.29) is 5.78 Å². The Bertz CT molecular complexity index is 343. The van der Waals surface area contributed by atoms with E-state index in [0.717, 1.165) is 17.8 Å². The van der Waals surface area contributed by atoms with E-state index in [2.05, 4.69) is 31.2 Å². The first-order valence-electron chi connectivity index (χ1n) is 5.52. The van der Waals surface area contributed by atoms with Crippen LogP contribution in [0.15, 0.2) is 24.3 Å². The van der Waals surface area contributed by atoms with Gasteiger partial charge in [-0.2, -0.15) is 0 Å². The molecule has 0 bridgehead atoms. The fraction of sp³-hybridized carbons (Fsp3) is 0.462. The summed E-state index contributed by atoms with van der Waals surface area (Å²) in [6, 6.07) is 8.07. The summed E-state index contributed by atoms with van der Waals surface area (Å²) < 4.78 is 0. The molecule has 16 heavy (non-hydrogen) atoms. The number of benzene rings is 1. The van der Waals surface area contributed by atoms with Crippen molar-refractivity contribution in [2.24, 2.45) is 0 Å². The van der Waals surface area contributed by atoms with E-state index in [4.69, 9.17) is 0 Å². The van der Waals surface area contributed by atoms with E-state index in [1.54, 1.807) is 6.92 Å². The van der Waals surface area contributed by atoms with Crippen molar-refractivity contribution in [3.05, 3.63) is 29.8 Å².